The van der Waals surface area contributed by atoms with Crippen molar-refractivity contribution in [2.45, 2.75) is 39.0 Å². The average Bonchev–Trinajstić information content (AvgIpc) is 2.46. The van der Waals surface area contributed by atoms with Crippen molar-refractivity contribution in [3.8, 4) is 0 Å². The van der Waals surface area contributed by atoms with Gasteiger partial charge in [-0.25, -0.2) is 0 Å². The third-order valence-corrected chi connectivity index (χ3v) is 3.98. The predicted molar refractivity (Wildman–Crippen MR) is 80.1 cm³/mol. The van der Waals surface area contributed by atoms with E-state index in [1.165, 1.54) is 19.3 Å². The molecule has 1 aliphatic carbocycles. The summed E-state index contributed by atoms with van der Waals surface area (Å²) in [6.07, 6.45) is 5.67. The Morgan fingerprint density at radius 2 is 1.75 bits per heavy atom. The zero-order valence-corrected chi connectivity index (χ0v) is 12.6. The Balaban J connectivity index is 2.02. The monoisotopic (exact) mass is 299 g/mol. The highest BCUT2D eigenvalue weighted by molar-refractivity contribution is 6.28. The second-order valence-electron chi connectivity index (χ2n) is 5.35. The molecule has 0 amide bonds. The normalized spacial score (nSPS) is 17.8. The van der Waals surface area contributed by atoms with Crippen LogP contribution in [0.2, 0.25) is 5.28 Å². The molecule has 0 aliphatic heterocycles. The SMILES string of the molecule is CCNc1nc(Cl)nc(NCC2(CO)CCCCC2)n1. The van der Waals surface area contributed by atoms with Crippen molar-refractivity contribution in [3.63, 3.8) is 0 Å². The summed E-state index contributed by atoms with van der Waals surface area (Å²) >= 11 is 5.88. The number of anilines is 2. The standard InChI is InChI=1S/C13H22ClN5O/c1-2-15-11-17-10(14)18-12(19-11)16-8-13(9-20)6-4-3-5-7-13/h20H,2-9H2,1H3,(H2,15,16,17,18,19). The van der Waals surface area contributed by atoms with Crippen LogP contribution >= 0.6 is 11.6 Å². The van der Waals surface area contributed by atoms with E-state index in [1.54, 1.807) is 0 Å². The van der Waals surface area contributed by atoms with Crippen molar-refractivity contribution in [2.75, 3.05) is 30.3 Å². The highest BCUT2D eigenvalue weighted by Crippen LogP contribution is 2.35. The van der Waals surface area contributed by atoms with Gasteiger partial charge in [0.15, 0.2) is 0 Å². The van der Waals surface area contributed by atoms with E-state index in [9.17, 15) is 5.11 Å². The summed E-state index contributed by atoms with van der Waals surface area (Å²) in [5, 5.41) is 16.1. The van der Waals surface area contributed by atoms with Gasteiger partial charge in [0, 0.05) is 18.5 Å². The van der Waals surface area contributed by atoms with Crippen molar-refractivity contribution in [2.24, 2.45) is 5.41 Å². The first-order valence-electron chi connectivity index (χ1n) is 7.18. The Morgan fingerprint density at radius 1 is 1.10 bits per heavy atom. The van der Waals surface area contributed by atoms with E-state index in [-0.39, 0.29) is 17.3 Å². The summed E-state index contributed by atoms with van der Waals surface area (Å²) < 4.78 is 0. The lowest BCUT2D eigenvalue weighted by molar-refractivity contribution is 0.0942. The summed E-state index contributed by atoms with van der Waals surface area (Å²) in [7, 11) is 0. The molecule has 1 fully saturated rings. The van der Waals surface area contributed by atoms with Gasteiger partial charge in [-0.1, -0.05) is 19.3 Å². The second-order valence-corrected chi connectivity index (χ2v) is 5.69. The Labute approximate surface area is 124 Å². The van der Waals surface area contributed by atoms with Crippen molar-refractivity contribution in [1.29, 1.82) is 0 Å². The average molecular weight is 300 g/mol. The smallest absolute Gasteiger partial charge is 0.228 e. The lowest BCUT2D eigenvalue weighted by atomic mass is 9.74. The second kappa shape index (κ2) is 7.04. The van der Waals surface area contributed by atoms with Crippen LogP contribution in [0.3, 0.4) is 0 Å². The van der Waals surface area contributed by atoms with Crippen LogP contribution in [0.4, 0.5) is 11.9 Å². The zero-order valence-electron chi connectivity index (χ0n) is 11.8. The third kappa shape index (κ3) is 3.93. The minimum Gasteiger partial charge on any atom is -0.396 e. The van der Waals surface area contributed by atoms with E-state index in [2.05, 4.69) is 25.6 Å². The molecule has 0 bridgehead atoms. The molecule has 7 heteroatoms. The predicted octanol–water partition coefficient (Wildman–Crippen LogP) is 2.31. The van der Waals surface area contributed by atoms with Crippen LogP contribution in [0.1, 0.15) is 39.0 Å². The third-order valence-electron chi connectivity index (χ3n) is 3.81. The van der Waals surface area contributed by atoms with Crippen LogP contribution in [0.5, 0.6) is 0 Å². The van der Waals surface area contributed by atoms with Gasteiger partial charge in [0.1, 0.15) is 0 Å². The molecule has 0 spiro atoms. The summed E-state index contributed by atoms with van der Waals surface area (Å²) in [4.78, 5) is 12.3. The number of aromatic nitrogens is 3. The number of aliphatic hydroxyl groups excluding tert-OH is 1. The molecule has 20 heavy (non-hydrogen) atoms. The number of nitrogens with one attached hydrogen (secondary N) is 2. The fraction of sp³-hybridized carbons (Fsp3) is 0.769. The molecule has 2 rings (SSSR count). The first-order valence-corrected chi connectivity index (χ1v) is 7.55. The molecule has 1 aromatic heterocycles. The number of halogens is 1. The maximum absolute atomic E-state index is 9.68. The molecule has 0 radical (unpaired) electrons. The Kier molecular flexibility index (Phi) is 5.37. The van der Waals surface area contributed by atoms with Crippen molar-refractivity contribution < 1.29 is 5.11 Å². The highest BCUT2D eigenvalue weighted by atomic mass is 35.5. The molecule has 6 nitrogen and oxygen atoms in total. The fourth-order valence-corrected chi connectivity index (χ4v) is 2.79. The van der Waals surface area contributed by atoms with E-state index in [4.69, 9.17) is 11.6 Å². The zero-order chi connectivity index (χ0) is 14.4. The molecular formula is C13H22ClN5O. The van der Waals surface area contributed by atoms with Gasteiger partial charge in [0.05, 0.1) is 6.61 Å². The van der Waals surface area contributed by atoms with Gasteiger partial charge in [-0.3, -0.25) is 0 Å². The van der Waals surface area contributed by atoms with E-state index >= 15 is 0 Å². The van der Waals surface area contributed by atoms with E-state index < -0.39 is 0 Å². The number of rotatable bonds is 6. The molecule has 3 N–H and O–H groups in total. The van der Waals surface area contributed by atoms with Crippen LogP contribution in [-0.4, -0.2) is 39.8 Å². The van der Waals surface area contributed by atoms with Gasteiger partial charge in [0.25, 0.3) is 0 Å². The maximum Gasteiger partial charge on any atom is 0.228 e. The molecule has 1 aromatic rings. The Bertz CT molecular complexity index is 437. The minimum atomic E-state index is -0.0598. The van der Waals surface area contributed by atoms with Crippen molar-refractivity contribution in [1.82, 2.24) is 15.0 Å². The molecule has 0 aromatic carbocycles. The molecule has 0 saturated heterocycles. The summed E-state index contributed by atoms with van der Waals surface area (Å²) in [5.41, 5.74) is -0.0598. The van der Waals surface area contributed by atoms with Crippen molar-refractivity contribution >= 4 is 23.5 Å². The first-order chi connectivity index (χ1) is 9.67. The molecule has 1 saturated carbocycles. The molecule has 1 aliphatic rings. The largest absolute Gasteiger partial charge is 0.396 e. The van der Waals surface area contributed by atoms with E-state index in [1.807, 2.05) is 6.92 Å². The van der Waals surface area contributed by atoms with Gasteiger partial charge >= 0.3 is 0 Å². The van der Waals surface area contributed by atoms with Crippen LogP contribution in [0, 0.1) is 5.41 Å². The Morgan fingerprint density at radius 3 is 2.35 bits per heavy atom. The number of hydrogen-bond acceptors (Lipinski definition) is 6. The van der Waals surface area contributed by atoms with Crippen LogP contribution in [0.25, 0.3) is 0 Å². The van der Waals surface area contributed by atoms with Crippen LogP contribution in [-0.2, 0) is 0 Å². The lowest BCUT2D eigenvalue weighted by Gasteiger charge is -2.35. The van der Waals surface area contributed by atoms with Gasteiger partial charge in [0.2, 0.25) is 17.2 Å². The Hall–Kier alpha value is -1.14. The van der Waals surface area contributed by atoms with Gasteiger partial charge in [-0.2, -0.15) is 15.0 Å². The van der Waals surface area contributed by atoms with Crippen LogP contribution in [0.15, 0.2) is 0 Å². The molecular weight excluding hydrogens is 278 g/mol. The molecule has 1 heterocycles. The molecule has 112 valence electrons. The van der Waals surface area contributed by atoms with Gasteiger partial charge in [-0.05, 0) is 31.4 Å². The lowest BCUT2D eigenvalue weighted by Crippen LogP contribution is -2.36. The van der Waals surface area contributed by atoms with Gasteiger partial charge in [-0.15, -0.1) is 0 Å². The minimum absolute atomic E-state index is 0.0598. The number of nitrogens with zero attached hydrogens (tertiary/aromatic N) is 3. The quantitative estimate of drug-likeness (QED) is 0.748. The summed E-state index contributed by atoms with van der Waals surface area (Å²) in [5.74, 6) is 0.927. The van der Waals surface area contributed by atoms with Crippen molar-refractivity contribution in [3.05, 3.63) is 5.28 Å². The topological polar surface area (TPSA) is 83.0 Å². The summed E-state index contributed by atoms with van der Waals surface area (Å²) in [6, 6.07) is 0. The number of aliphatic hydroxyl groups is 1. The van der Waals surface area contributed by atoms with E-state index in [0.717, 1.165) is 19.4 Å². The van der Waals surface area contributed by atoms with E-state index in [0.29, 0.717) is 18.4 Å². The first kappa shape index (κ1) is 15.3. The summed E-state index contributed by atoms with van der Waals surface area (Å²) in [6.45, 7) is 3.54. The number of hydrogen-bond donors (Lipinski definition) is 3. The van der Waals surface area contributed by atoms with Crippen LogP contribution < -0.4 is 10.6 Å². The maximum atomic E-state index is 9.68. The fourth-order valence-electron chi connectivity index (χ4n) is 2.63. The molecule has 0 unspecified atom stereocenters. The van der Waals surface area contributed by atoms with Gasteiger partial charge < -0.3 is 15.7 Å². The molecule has 0 atom stereocenters. The highest BCUT2D eigenvalue weighted by Gasteiger charge is 2.31.